The molecule has 13 heteroatoms. The van der Waals surface area contributed by atoms with Crippen LogP contribution in [-0.2, 0) is 16.0 Å². The third-order valence-corrected chi connectivity index (χ3v) is 7.15. The molecule has 2 aliphatic rings. The summed E-state index contributed by atoms with van der Waals surface area (Å²) in [6.45, 7) is -1.97. The Morgan fingerprint density at radius 3 is 2.54 bits per heavy atom. The molecule has 192 valence electrons. The molecule has 0 amide bonds. The maximum absolute atomic E-state index is 12.9. The normalized spacial score (nSPS) is 18.1. The average Bonchev–Trinajstić information content (AvgIpc) is 3.44. The highest BCUT2D eigenvalue weighted by Gasteiger charge is 2.30. The summed E-state index contributed by atoms with van der Waals surface area (Å²) >= 11 is 13.9. The first-order chi connectivity index (χ1) is 16.3. The molecule has 7 nitrogen and oxygen atoms in total. The lowest BCUT2D eigenvalue weighted by molar-refractivity contribution is -0.605. The Hall–Kier alpha value is -1.72. The van der Waals surface area contributed by atoms with Gasteiger partial charge in [-0.05, 0) is 36.5 Å². The third kappa shape index (κ3) is 7.63. The van der Waals surface area contributed by atoms with E-state index in [1.165, 1.54) is 30.0 Å². The van der Waals surface area contributed by atoms with E-state index in [0.717, 1.165) is 31.0 Å². The molecule has 1 aliphatic heterocycles. The number of pyridine rings is 1. The predicted octanol–water partition coefficient (Wildman–Crippen LogP) is 4.93. The molecule has 0 radical (unpaired) electrons. The van der Waals surface area contributed by atoms with Crippen LogP contribution < -0.4 is 19.5 Å². The lowest BCUT2D eigenvalue weighted by Gasteiger charge is -2.22. The average molecular weight is 572 g/mol. The summed E-state index contributed by atoms with van der Waals surface area (Å²) in [5.74, 6) is 0.677. The maximum atomic E-state index is 12.9. The van der Waals surface area contributed by atoms with Gasteiger partial charge in [0.25, 0.3) is 0 Å². The Kier molecular flexibility index (Phi) is 9.94. The molecule has 2 aromatic rings. The van der Waals surface area contributed by atoms with E-state index in [-0.39, 0.29) is 40.4 Å². The molecule has 1 saturated carbocycles. The number of halogens is 5. The second-order valence-electron chi connectivity index (χ2n) is 7.97. The van der Waals surface area contributed by atoms with Gasteiger partial charge < -0.3 is 19.4 Å². The van der Waals surface area contributed by atoms with E-state index in [1.807, 2.05) is 0 Å². The maximum Gasteiger partial charge on any atom is 0.387 e. The number of ether oxygens (including phenoxy) is 3. The van der Waals surface area contributed by atoms with Crippen molar-refractivity contribution in [1.82, 2.24) is 5.32 Å². The number of carbonyl (C=O) groups excluding carboxylic acids is 1. The number of aromatic nitrogens is 1. The number of hydrogen-bond acceptors (Lipinski definition) is 7. The number of nitrogens with one attached hydrogen (secondary N) is 1. The number of benzene rings is 1. The van der Waals surface area contributed by atoms with Crippen molar-refractivity contribution in [3.05, 3.63) is 57.0 Å². The van der Waals surface area contributed by atoms with Crippen molar-refractivity contribution in [2.75, 3.05) is 18.9 Å². The van der Waals surface area contributed by atoms with Crippen molar-refractivity contribution in [3.63, 3.8) is 0 Å². The van der Waals surface area contributed by atoms with Crippen molar-refractivity contribution in [3.8, 4) is 11.5 Å². The predicted molar refractivity (Wildman–Crippen MR) is 131 cm³/mol. The van der Waals surface area contributed by atoms with Gasteiger partial charge in [0.2, 0.25) is 0 Å². The fourth-order valence-electron chi connectivity index (χ4n) is 3.44. The van der Waals surface area contributed by atoms with Crippen molar-refractivity contribution in [2.45, 2.75) is 37.4 Å². The molecule has 35 heavy (non-hydrogen) atoms. The number of esters is 1. The summed E-state index contributed by atoms with van der Waals surface area (Å²) in [5, 5.41) is 14.4. The van der Waals surface area contributed by atoms with E-state index in [9.17, 15) is 18.8 Å². The molecule has 2 unspecified atom stereocenters. The van der Waals surface area contributed by atoms with Crippen LogP contribution in [0.4, 0.5) is 8.78 Å². The van der Waals surface area contributed by atoms with E-state index >= 15 is 0 Å². The SMILES string of the molecule is Cl.O=C(OC(Cc1c(Cl)c[n+]([O-])cc1Cl)c1ccc(OC(F)F)c(OCC2CC2)c1)C1NCCS1. The zero-order valence-corrected chi connectivity index (χ0v) is 21.4. The van der Waals surface area contributed by atoms with Crippen LogP contribution in [0, 0.1) is 11.1 Å². The van der Waals surface area contributed by atoms with Crippen LogP contribution in [0.2, 0.25) is 10.0 Å². The number of nitrogens with zero attached hydrogens (tertiary/aromatic N) is 1. The molecule has 1 N–H and O–H groups in total. The van der Waals surface area contributed by atoms with Crippen LogP contribution in [0.1, 0.15) is 30.1 Å². The van der Waals surface area contributed by atoms with Gasteiger partial charge in [0, 0.05) is 24.3 Å². The molecule has 0 bridgehead atoms. The largest absolute Gasteiger partial charge is 0.619 e. The van der Waals surface area contributed by atoms with Crippen molar-refractivity contribution in [1.29, 1.82) is 0 Å². The lowest BCUT2D eigenvalue weighted by atomic mass is 10.0. The van der Waals surface area contributed by atoms with Gasteiger partial charge in [-0.15, -0.1) is 24.2 Å². The minimum Gasteiger partial charge on any atom is -0.619 e. The Morgan fingerprint density at radius 1 is 1.23 bits per heavy atom. The van der Waals surface area contributed by atoms with Crippen LogP contribution in [0.3, 0.4) is 0 Å². The summed E-state index contributed by atoms with van der Waals surface area (Å²) in [7, 11) is 0. The fraction of sp³-hybridized carbons (Fsp3) is 0.455. The molecule has 1 aromatic heterocycles. The van der Waals surface area contributed by atoms with E-state index < -0.39 is 24.1 Å². The minimum atomic E-state index is -3.02. The standard InChI is InChI=1S/C22H22Cl2F2N2O5S.ClH/c23-15-9-28(30)10-16(24)14(15)8-18(32-21(29)20-27-5-6-34-20)13-3-4-17(33-22(25)26)19(7-13)31-11-12-1-2-12;/h3-4,7,9-10,12,18,20,22,27H,1-2,5-6,8,11H2;1H. The summed E-state index contributed by atoms with van der Waals surface area (Å²) < 4.78 is 42.5. The molecule has 2 heterocycles. The van der Waals surface area contributed by atoms with E-state index in [0.29, 0.717) is 34.9 Å². The van der Waals surface area contributed by atoms with Crippen molar-refractivity contribution < 1.29 is 32.5 Å². The second-order valence-corrected chi connectivity index (χ2v) is 9.99. The number of carbonyl (C=O) groups is 1. The third-order valence-electron chi connectivity index (χ3n) is 5.36. The van der Waals surface area contributed by atoms with Gasteiger partial charge in [0.1, 0.15) is 16.1 Å². The smallest absolute Gasteiger partial charge is 0.387 e. The monoisotopic (exact) mass is 570 g/mol. The lowest BCUT2D eigenvalue weighted by Crippen LogP contribution is -2.32. The second kappa shape index (κ2) is 12.5. The Labute approximate surface area is 221 Å². The zero-order valence-electron chi connectivity index (χ0n) is 18.3. The van der Waals surface area contributed by atoms with Crippen molar-refractivity contribution in [2.24, 2.45) is 5.92 Å². The number of thioether (sulfide) groups is 1. The highest BCUT2D eigenvalue weighted by atomic mass is 35.5. The number of alkyl halides is 2. The van der Waals surface area contributed by atoms with Crippen LogP contribution in [-0.4, -0.2) is 36.9 Å². The van der Waals surface area contributed by atoms with Gasteiger partial charge >= 0.3 is 12.6 Å². The van der Waals surface area contributed by atoms with Gasteiger partial charge in [-0.2, -0.15) is 13.5 Å². The van der Waals surface area contributed by atoms with Crippen LogP contribution in [0.5, 0.6) is 11.5 Å². The van der Waals surface area contributed by atoms with Crippen molar-refractivity contribution >= 4 is 53.3 Å². The molecule has 0 spiro atoms. The number of hydrogen-bond donors (Lipinski definition) is 1. The molecule has 4 rings (SSSR count). The first kappa shape index (κ1) is 27.9. The van der Waals surface area contributed by atoms with Crippen LogP contribution in [0.25, 0.3) is 0 Å². The topological polar surface area (TPSA) is 83.7 Å². The van der Waals surface area contributed by atoms with Gasteiger partial charge in [-0.25, -0.2) is 4.79 Å². The molecule has 2 fully saturated rings. The van der Waals surface area contributed by atoms with Crippen LogP contribution >= 0.6 is 47.4 Å². The van der Waals surface area contributed by atoms with E-state index in [2.05, 4.69) is 10.1 Å². The molecule has 1 aromatic carbocycles. The summed E-state index contributed by atoms with van der Waals surface area (Å²) in [6, 6.07) is 4.39. The number of rotatable bonds is 10. The Balaban J connectivity index is 0.00000342. The summed E-state index contributed by atoms with van der Waals surface area (Å²) in [6.07, 6.45) is 3.51. The molecular formula is C22H23Cl3F2N2O5S. The fourth-order valence-corrected chi connectivity index (χ4v) is 4.94. The van der Waals surface area contributed by atoms with Gasteiger partial charge in [-0.3, -0.25) is 5.32 Å². The summed E-state index contributed by atoms with van der Waals surface area (Å²) in [4.78, 5) is 12.8. The van der Waals surface area contributed by atoms with Crippen LogP contribution in [0.15, 0.2) is 30.6 Å². The molecular weight excluding hydrogens is 549 g/mol. The molecule has 1 saturated heterocycles. The van der Waals surface area contributed by atoms with Gasteiger partial charge in [0.15, 0.2) is 29.3 Å². The van der Waals surface area contributed by atoms with E-state index in [1.54, 1.807) is 0 Å². The Bertz CT molecular complexity index is 1020. The highest BCUT2D eigenvalue weighted by Crippen LogP contribution is 2.38. The van der Waals surface area contributed by atoms with E-state index in [4.69, 9.17) is 32.7 Å². The van der Waals surface area contributed by atoms with Gasteiger partial charge in [-0.1, -0.05) is 29.3 Å². The summed E-state index contributed by atoms with van der Waals surface area (Å²) in [5.41, 5.74) is 0.892. The Morgan fingerprint density at radius 2 is 1.94 bits per heavy atom. The quantitative estimate of drug-likeness (QED) is 0.246. The highest BCUT2D eigenvalue weighted by molar-refractivity contribution is 8.00. The first-order valence-electron chi connectivity index (χ1n) is 10.6. The zero-order chi connectivity index (χ0) is 24.2. The first-order valence-corrected chi connectivity index (χ1v) is 12.4. The molecule has 2 atom stereocenters. The minimum absolute atomic E-state index is 0. The molecule has 1 aliphatic carbocycles. The van der Waals surface area contributed by atoms with Gasteiger partial charge in [0.05, 0.1) is 6.61 Å².